The smallest absolute Gasteiger partial charge is 0.410 e. The van der Waals surface area contributed by atoms with E-state index in [0.717, 1.165) is 40.2 Å². The maximum atomic E-state index is 13.0. The van der Waals surface area contributed by atoms with Gasteiger partial charge in [0.15, 0.2) is 5.78 Å². The van der Waals surface area contributed by atoms with Crippen LogP contribution in [-0.2, 0) is 16.0 Å². The van der Waals surface area contributed by atoms with Gasteiger partial charge in [-0.3, -0.25) is 9.69 Å². The molecule has 0 radical (unpaired) electrons. The van der Waals surface area contributed by atoms with Crippen LogP contribution in [0.2, 0.25) is 0 Å². The average Bonchev–Trinajstić information content (AvgIpc) is 3.68. The van der Waals surface area contributed by atoms with Crippen molar-refractivity contribution < 1.29 is 14.3 Å². The molecule has 1 aliphatic heterocycles. The molecule has 3 aromatic rings. The number of benzene rings is 2. The minimum atomic E-state index is -0.563. The second-order valence-electron chi connectivity index (χ2n) is 11.7. The standard InChI is InChI=1S/C32H39N3O3/c1-32(2,3)38-31(37)35-20-6-9-28(35)29(36)19-12-22-10-13-23(14-11-22)24-15-17-25(18-16-24)27-21-33-30(34-27)26-7-4-5-8-26/h10-11,13-18,21,26,28H,4-9,12,19-20H2,1-3H3,(H,33,34)/t28-/m0/s1. The molecular weight excluding hydrogens is 474 g/mol. The molecule has 6 nitrogen and oxygen atoms in total. The summed E-state index contributed by atoms with van der Waals surface area (Å²) in [5, 5.41) is 0. The molecule has 0 bridgehead atoms. The summed E-state index contributed by atoms with van der Waals surface area (Å²) in [4.78, 5) is 35.3. The highest BCUT2D eigenvalue weighted by molar-refractivity contribution is 5.88. The number of carbonyl (C=O) groups is 2. The molecule has 2 aromatic carbocycles. The summed E-state index contributed by atoms with van der Waals surface area (Å²) < 4.78 is 5.50. The topological polar surface area (TPSA) is 75.3 Å². The van der Waals surface area contributed by atoms with Crippen LogP contribution in [0.1, 0.15) is 83.0 Å². The molecule has 1 atom stereocenters. The molecule has 1 N–H and O–H groups in total. The largest absolute Gasteiger partial charge is 0.444 e. The first kappa shape index (κ1) is 26.2. The summed E-state index contributed by atoms with van der Waals surface area (Å²) >= 11 is 0. The maximum Gasteiger partial charge on any atom is 0.410 e. The molecular formula is C32H39N3O3. The van der Waals surface area contributed by atoms with Crippen molar-refractivity contribution in [2.75, 3.05) is 6.54 Å². The van der Waals surface area contributed by atoms with E-state index in [0.29, 0.717) is 31.7 Å². The number of ether oxygens (including phenoxy) is 1. The Hall–Kier alpha value is -3.41. The van der Waals surface area contributed by atoms with Gasteiger partial charge in [0.2, 0.25) is 0 Å². The molecule has 0 spiro atoms. The van der Waals surface area contributed by atoms with Gasteiger partial charge in [0.25, 0.3) is 0 Å². The lowest BCUT2D eigenvalue weighted by atomic mass is 9.98. The van der Waals surface area contributed by atoms with Crippen molar-refractivity contribution in [3.8, 4) is 22.4 Å². The van der Waals surface area contributed by atoms with Gasteiger partial charge in [-0.15, -0.1) is 0 Å². The Morgan fingerprint density at radius 2 is 1.55 bits per heavy atom. The lowest BCUT2D eigenvalue weighted by molar-refractivity contribution is -0.123. The Morgan fingerprint density at radius 3 is 2.21 bits per heavy atom. The van der Waals surface area contributed by atoms with Crippen molar-refractivity contribution in [1.29, 1.82) is 0 Å². The molecule has 200 valence electrons. The Kier molecular flexibility index (Phi) is 7.68. The Bertz CT molecular complexity index is 1250. The van der Waals surface area contributed by atoms with Gasteiger partial charge in [0.05, 0.1) is 17.9 Å². The number of nitrogens with one attached hydrogen (secondary N) is 1. The minimum absolute atomic E-state index is 0.114. The predicted octanol–water partition coefficient (Wildman–Crippen LogP) is 7.30. The number of Topliss-reactive ketones (excluding diaryl/α,β-unsaturated/α-hetero) is 1. The molecule has 6 heteroatoms. The number of likely N-dealkylation sites (tertiary alicyclic amines) is 1. The first-order valence-electron chi connectivity index (χ1n) is 14.0. The number of H-pyrrole nitrogens is 1. The van der Waals surface area contributed by atoms with Crippen LogP contribution in [0.5, 0.6) is 0 Å². The summed E-state index contributed by atoms with van der Waals surface area (Å²) in [6.07, 6.45) is 9.30. The molecule has 1 saturated heterocycles. The molecule has 1 aromatic heterocycles. The zero-order valence-corrected chi connectivity index (χ0v) is 22.8. The summed E-state index contributed by atoms with van der Waals surface area (Å²) in [5.74, 6) is 1.82. The molecule has 0 unspecified atom stereocenters. The number of aromatic amines is 1. The normalized spacial score (nSPS) is 18.2. The van der Waals surface area contributed by atoms with Crippen molar-refractivity contribution in [3.05, 3.63) is 66.1 Å². The third-order valence-electron chi connectivity index (χ3n) is 7.73. The van der Waals surface area contributed by atoms with Crippen molar-refractivity contribution in [2.45, 2.75) is 89.7 Å². The number of amides is 1. The minimum Gasteiger partial charge on any atom is -0.444 e. The van der Waals surface area contributed by atoms with Crippen LogP contribution in [0.15, 0.2) is 54.7 Å². The average molecular weight is 514 g/mol. The highest BCUT2D eigenvalue weighted by Crippen LogP contribution is 2.33. The first-order valence-corrected chi connectivity index (χ1v) is 14.0. The number of nitrogens with zero attached hydrogens (tertiary/aromatic N) is 2. The lowest BCUT2D eigenvalue weighted by Crippen LogP contribution is -2.43. The van der Waals surface area contributed by atoms with Gasteiger partial charge in [0.1, 0.15) is 11.4 Å². The van der Waals surface area contributed by atoms with Crippen molar-refractivity contribution in [2.24, 2.45) is 0 Å². The van der Waals surface area contributed by atoms with E-state index in [1.807, 2.05) is 27.0 Å². The Labute approximate surface area is 225 Å². The Morgan fingerprint density at radius 1 is 0.921 bits per heavy atom. The molecule has 5 rings (SSSR count). The van der Waals surface area contributed by atoms with E-state index in [1.165, 1.54) is 25.7 Å². The zero-order chi connectivity index (χ0) is 26.7. The van der Waals surface area contributed by atoms with Crippen molar-refractivity contribution in [1.82, 2.24) is 14.9 Å². The van der Waals surface area contributed by atoms with Crippen molar-refractivity contribution in [3.63, 3.8) is 0 Å². The molecule has 2 fully saturated rings. The van der Waals surface area contributed by atoms with E-state index in [1.54, 1.807) is 4.90 Å². The number of ketones is 1. The molecule has 1 aliphatic carbocycles. The zero-order valence-electron chi connectivity index (χ0n) is 22.8. The van der Waals surface area contributed by atoms with Gasteiger partial charge in [-0.05, 0) is 75.1 Å². The second-order valence-corrected chi connectivity index (χ2v) is 11.7. The highest BCUT2D eigenvalue weighted by Gasteiger charge is 2.36. The van der Waals surface area contributed by atoms with Crippen LogP contribution >= 0.6 is 0 Å². The van der Waals surface area contributed by atoms with Gasteiger partial charge in [0, 0.05) is 18.9 Å². The SMILES string of the molecule is CC(C)(C)OC(=O)N1CCC[C@H]1C(=O)CCc1ccc(-c2ccc(-c3cnc(C4CCCC4)[nH]3)cc2)cc1. The number of aryl methyl sites for hydroxylation is 1. The van der Waals surface area contributed by atoms with E-state index in [-0.39, 0.29) is 17.9 Å². The third kappa shape index (κ3) is 6.17. The fraction of sp³-hybridized carbons (Fsp3) is 0.469. The molecule has 1 amide bonds. The van der Waals surface area contributed by atoms with Crippen LogP contribution in [-0.4, -0.2) is 44.9 Å². The number of hydrogen-bond acceptors (Lipinski definition) is 4. The fourth-order valence-corrected chi connectivity index (χ4v) is 5.67. The van der Waals surface area contributed by atoms with Crippen molar-refractivity contribution >= 4 is 11.9 Å². The van der Waals surface area contributed by atoms with Crippen LogP contribution in [0.3, 0.4) is 0 Å². The third-order valence-corrected chi connectivity index (χ3v) is 7.73. The van der Waals surface area contributed by atoms with E-state index < -0.39 is 5.60 Å². The summed E-state index contributed by atoms with van der Waals surface area (Å²) in [7, 11) is 0. The summed E-state index contributed by atoms with van der Waals surface area (Å²) in [5.41, 5.74) is 5.09. The van der Waals surface area contributed by atoms with Gasteiger partial charge in [-0.25, -0.2) is 9.78 Å². The van der Waals surface area contributed by atoms with E-state index in [2.05, 4.69) is 58.5 Å². The van der Waals surface area contributed by atoms with E-state index in [9.17, 15) is 9.59 Å². The number of imidazole rings is 1. The van der Waals surface area contributed by atoms with Crippen LogP contribution in [0.25, 0.3) is 22.4 Å². The van der Waals surface area contributed by atoms with Crippen LogP contribution < -0.4 is 0 Å². The van der Waals surface area contributed by atoms with Gasteiger partial charge >= 0.3 is 6.09 Å². The van der Waals surface area contributed by atoms with Gasteiger partial charge in [-0.2, -0.15) is 0 Å². The predicted molar refractivity (Wildman–Crippen MR) is 150 cm³/mol. The van der Waals surface area contributed by atoms with Crippen LogP contribution in [0, 0.1) is 0 Å². The quantitative estimate of drug-likeness (QED) is 0.360. The number of aromatic nitrogens is 2. The molecule has 1 saturated carbocycles. The highest BCUT2D eigenvalue weighted by atomic mass is 16.6. The maximum absolute atomic E-state index is 13.0. The molecule has 2 heterocycles. The molecule has 2 aliphatic rings. The summed E-state index contributed by atoms with van der Waals surface area (Å²) in [6.45, 7) is 6.13. The second kappa shape index (κ2) is 11.1. The van der Waals surface area contributed by atoms with Gasteiger partial charge < -0.3 is 9.72 Å². The van der Waals surface area contributed by atoms with Gasteiger partial charge in [-0.1, -0.05) is 61.4 Å². The summed E-state index contributed by atoms with van der Waals surface area (Å²) in [6, 6.07) is 16.6. The Balaban J connectivity index is 1.16. The first-order chi connectivity index (χ1) is 18.3. The van der Waals surface area contributed by atoms with Crippen LogP contribution in [0.4, 0.5) is 4.79 Å². The van der Waals surface area contributed by atoms with E-state index >= 15 is 0 Å². The molecule has 38 heavy (non-hydrogen) atoms. The lowest BCUT2D eigenvalue weighted by Gasteiger charge is -2.28. The number of rotatable bonds is 7. The number of carbonyl (C=O) groups excluding carboxylic acids is 2. The fourth-order valence-electron chi connectivity index (χ4n) is 5.67. The van der Waals surface area contributed by atoms with E-state index in [4.69, 9.17) is 4.74 Å². The monoisotopic (exact) mass is 513 g/mol. The number of hydrogen-bond donors (Lipinski definition) is 1.